The molecule has 2 saturated carbocycles. The fourth-order valence-corrected chi connectivity index (χ4v) is 4.59. The molecule has 2 aromatic rings. The first kappa shape index (κ1) is 16.1. The van der Waals surface area contributed by atoms with Gasteiger partial charge in [0.05, 0.1) is 18.6 Å². The van der Waals surface area contributed by atoms with Gasteiger partial charge in [-0.3, -0.25) is 4.79 Å². The number of hydrogen-bond acceptors (Lipinski definition) is 4. The molecule has 1 amide bonds. The molecule has 136 valence electrons. The van der Waals surface area contributed by atoms with Crippen molar-refractivity contribution < 1.29 is 14.1 Å². The zero-order chi connectivity index (χ0) is 17.8. The Labute approximate surface area is 153 Å². The van der Waals surface area contributed by atoms with E-state index in [1.165, 1.54) is 11.1 Å². The van der Waals surface area contributed by atoms with E-state index in [0.29, 0.717) is 18.6 Å². The van der Waals surface area contributed by atoms with Crippen molar-refractivity contribution >= 4 is 5.91 Å². The molecule has 5 heteroatoms. The van der Waals surface area contributed by atoms with Crippen LogP contribution in [0.5, 0.6) is 0 Å². The molecule has 2 heterocycles. The molecule has 1 N–H and O–H groups in total. The number of nitrogens with zero attached hydrogens (tertiary/aromatic N) is 1. The minimum absolute atomic E-state index is 0.00730. The predicted molar refractivity (Wildman–Crippen MR) is 96.6 cm³/mol. The lowest BCUT2D eigenvalue weighted by Crippen LogP contribution is -2.39. The number of aromatic nitrogens is 1. The number of hydrogen-bond donors (Lipinski definition) is 1. The van der Waals surface area contributed by atoms with Crippen LogP contribution in [0.2, 0.25) is 0 Å². The summed E-state index contributed by atoms with van der Waals surface area (Å²) >= 11 is 0. The van der Waals surface area contributed by atoms with E-state index in [1.54, 1.807) is 0 Å². The standard InChI is InChI=1S/C21H24N2O3/c1-11-4-3-5-12(2)18(11)19-16(20(26-23-19)13-6-7-13)10-25-17-9-14-8-15(17)21(24)22-14/h3-5,13-15,17H,6-10H2,1-2H3,(H,22,24)/t14-,15+,17+/m0/s1. The Balaban J connectivity index is 1.46. The molecule has 1 aromatic heterocycles. The van der Waals surface area contributed by atoms with Crippen LogP contribution in [0.15, 0.2) is 22.7 Å². The van der Waals surface area contributed by atoms with Gasteiger partial charge in [-0.25, -0.2) is 0 Å². The van der Waals surface area contributed by atoms with Gasteiger partial charge in [0.15, 0.2) is 0 Å². The second-order valence-electron chi connectivity index (χ2n) is 8.05. The molecular formula is C21H24N2O3. The van der Waals surface area contributed by atoms with Gasteiger partial charge < -0.3 is 14.6 Å². The van der Waals surface area contributed by atoms with E-state index >= 15 is 0 Å². The summed E-state index contributed by atoms with van der Waals surface area (Å²) in [5, 5.41) is 7.46. The average Bonchev–Trinajstić information content (AvgIpc) is 3.09. The van der Waals surface area contributed by atoms with Crippen molar-refractivity contribution in [3.63, 3.8) is 0 Å². The van der Waals surface area contributed by atoms with Gasteiger partial charge >= 0.3 is 0 Å². The van der Waals surface area contributed by atoms with Crippen molar-refractivity contribution in [3.05, 3.63) is 40.6 Å². The van der Waals surface area contributed by atoms with Gasteiger partial charge in [0.25, 0.3) is 0 Å². The highest BCUT2D eigenvalue weighted by molar-refractivity contribution is 5.83. The number of amides is 1. The van der Waals surface area contributed by atoms with Gasteiger partial charge in [0.2, 0.25) is 5.91 Å². The van der Waals surface area contributed by atoms with Crippen LogP contribution in [0.25, 0.3) is 11.3 Å². The van der Waals surface area contributed by atoms with Gasteiger partial charge in [-0.2, -0.15) is 0 Å². The third-order valence-corrected chi connectivity index (χ3v) is 6.11. The maximum absolute atomic E-state index is 11.9. The van der Waals surface area contributed by atoms with Crippen molar-refractivity contribution in [1.29, 1.82) is 0 Å². The lowest BCUT2D eigenvalue weighted by Gasteiger charge is -2.22. The maximum atomic E-state index is 11.9. The number of carbonyl (C=O) groups excluding carboxylic acids is 1. The topological polar surface area (TPSA) is 64.4 Å². The number of fused-ring (bicyclic) bond motifs is 2. The van der Waals surface area contributed by atoms with E-state index in [0.717, 1.165) is 48.3 Å². The lowest BCUT2D eigenvalue weighted by atomic mass is 9.96. The largest absolute Gasteiger partial charge is 0.372 e. The number of aryl methyl sites for hydroxylation is 2. The Morgan fingerprint density at radius 1 is 1.23 bits per heavy atom. The molecule has 3 fully saturated rings. The molecule has 5 rings (SSSR count). The minimum Gasteiger partial charge on any atom is -0.372 e. The van der Waals surface area contributed by atoms with Crippen LogP contribution in [-0.4, -0.2) is 23.2 Å². The highest BCUT2D eigenvalue weighted by Crippen LogP contribution is 2.45. The smallest absolute Gasteiger partial charge is 0.226 e. The summed E-state index contributed by atoms with van der Waals surface area (Å²) in [6, 6.07) is 6.58. The van der Waals surface area contributed by atoms with E-state index in [9.17, 15) is 4.79 Å². The molecule has 2 bridgehead atoms. The molecule has 1 saturated heterocycles. The molecule has 3 atom stereocenters. The Morgan fingerprint density at radius 2 is 2.00 bits per heavy atom. The number of piperidine rings is 1. The van der Waals surface area contributed by atoms with Crippen LogP contribution in [-0.2, 0) is 16.1 Å². The molecule has 0 unspecified atom stereocenters. The summed E-state index contributed by atoms with van der Waals surface area (Å²) in [6.45, 7) is 4.69. The third-order valence-electron chi connectivity index (χ3n) is 6.11. The summed E-state index contributed by atoms with van der Waals surface area (Å²) < 4.78 is 12.0. The van der Waals surface area contributed by atoms with Crippen molar-refractivity contribution in [2.24, 2.45) is 5.92 Å². The fraction of sp³-hybridized carbons (Fsp3) is 0.524. The van der Waals surface area contributed by atoms with Crippen LogP contribution in [0.3, 0.4) is 0 Å². The maximum Gasteiger partial charge on any atom is 0.226 e. The van der Waals surface area contributed by atoms with E-state index in [2.05, 4.69) is 42.5 Å². The summed E-state index contributed by atoms with van der Waals surface area (Å²) in [5.74, 6) is 1.61. The third kappa shape index (κ3) is 2.57. The second-order valence-corrected chi connectivity index (χ2v) is 8.05. The minimum atomic E-state index is 0.00730. The lowest BCUT2D eigenvalue weighted by molar-refractivity contribution is -0.129. The fourth-order valence-electron chi connectivity index (χ4n) is 4.59. The summed E-state index contributed by atoms with van der Waals surface area (Å²) in [6.07, 6.45) is 4.16. The molecule has 1 aromatic carbocycles. The van der Waals surface area contributed by atoms with Crippen molar-refractivity contribution in [1.82, 2.24) is 10.5 Å². The van der Waals surface area contributed by atoms with E-state index < -0.39 is 0 Å². The summed E-state index contributed by atoms with van der Waals surface area (Å²) in [5.41, 5.74) is 5.53. The second kappa shape index (κ2) is 5.95. The molecular weight excluding hydrogens is 328 g/mol. The van der Waals surface area contributed by atoms with Crippen molar-refractivity contribution in [2.45, 2.75) is 64.2 Å². The first-order valence-corrected chi connectivity index (χ1v) is 9.59. The predicted octanol–water partition coefficient (Wildman–Crippen LogP) is 3.63. The number of rotatable bonds is 5. The monoisotopic (exact) mass is 352 g/mol. The highest BCUT2D eigenvalue weighted by Gasteiger charge is 2.46. The molecule has 3 aliphatic rings. The molecule has 5 nitrogen and oxygen atoms in total. The Hall–Kier alpha value is -2.14. The normalized spacial score (nSPS) is 27.2. The first-order chi connectivity index (χ1) is 12.6. The molecule has 26 heavy (non-hydrogen) atoms. The van der Waals surface area contributed by atoms with Crippen LogP contribution in [0, 0.1) is 19.8 Å². The number of nitrogens with one attached hydrogen (secondary N) is 1. The summed E-state index contributed by atoms with van der Waals surface area (Å²) in [4.78, 5) is 11.9. The molecule has 2 aliphatic carbocycles. The van der Waals surface area contributed by atoms with Gasteiger partial charge in [-0.1, -0.05) is 23.4 Å². The quantitative estimate of drug-likeness (QED) is 0.892. The van der Waals surface area contributed by atoms with Gasteiger partial charge in [-0.15, -0.1) is 0 Å². The average molecular weight is 352 g/mol. The molecule has 0 spiro atoms. The Morgan fingerprint density at radius 3 is 2.65 bits per heavy atom. The van der Waals surface area contributed by atoms with Crippen LogP contribution >= 0.6 is 0 Å². The van der Waals surface area contributed by atoms with Crippen molar-refractivity contribution in [2.75, 3.05) is 0 Å². The zero-order valence-corrected chi connectivity index (χ0v) is 15.2. The van der Waals surface area contributed by atoms with Gasteiger partial charge in [0, 0.05) is 23.1 Å². The van der Waals surface area contributed by atoms with E-state index in [1.807, 2.05) is 0 Å². The van der Waals surface area contributed by atoms with Crippen LogP contribution in [0.1, 0.15) is 54.1 Å². The van der Waals surface area contributed by atoms with Gasteiger partial charge in [0.1, 0.15) is 11.5 Å². The first-order valence-electron chi connectivity index (χ1n) is 9.59. The molecule has 0 radical (unpaired) electrons. The van der Waals surface area contributed by atoms with Crippen LogP contribution in [0.4, 0.5) is 0 Å². The van der Waals surface area contributed by atoms with E-state index in [4.69, 9.17) is 9.26 Å². The van der Waals surface area contributed by atoms with E-state index in [-0.39, 0.29) is 17.9 Å². The Bertz CT molecular complexity index is 848. The van der Waals surface area contributed by atoms with Gasteiger partial charge in [-0.05, 0) is 50.7 Å². The SMILES string of the molecule is Cc1cccc(C)c1-c1noc(C2CC2)c1CO[C@@H]1C[C@@H]2C[C@H]1C(=O)N2. The molecule has 1 aliphatic heterocycles. The zero-order valence-electron chi connectivity index (χ0n) is 15.2. The van der Waals surface area contributed by atoms with Crippen molar-refractivity contribution in [3.8, 4) is 11.3 Å². The number of carbonyl (C=O) groups is 1. The summed E-state index contributed by atoms with van der Waals surface area (Å²) in [7, 11) is 0. The number of ether oxygens (including phenoxy) is 1. The van der Waals surface area contributed by atoms with Crippen LogP contribution < -0.4 is 5.32 Å². The Kier molecular flexibility index (Phi) is 3.67. The highest BCUT2D eigenvalue weighted by atomic mass is 16.5. The number of benzene rings is 1.